The van der Waals surface area contributed by atoms with Gasteiger partial charge in [-0.1, -0.05) is 25.8 Å². The summed E-state index contributed by atoms with van der Waals surface area (Å²) in [5, 5.41) is 14.5. The zero-order valence-electron chi connectivity index (χ0n) is 15.6. The Hall–Kier alpha value is -3.16. The predicted octanol–water partition coefficient (Wildman–Crippen LogP) is 3.88. The van der Waals surface area contributed by atoms with Crippen LogP contribution < -0.4 is 11.1 Å². The van der Waals surface area contributed by atoms with E-state index in [1.54, 1.807) is 12.1 Å². The van der Waals surface area contributed by atoms with Gasteiger partial charge in [0.1, 0.15) is 5.52 Å². The first-order chi connectivity index (χ1) is 13.0. The van der Waals surface area contributed by atoms with Crippen LogP contribution in [0, 0.1) is 17.0 Å². The fourth-order valence-electron chi connectivity index (χ4n) is 3.09. The van der Waals surface area contributed by atoms with Crippen LogP contribution in [0.1, 0.15) is 37.3 Å². The molecule has 8 nitrogen and oxygen atoms in total. The van der Waals surface area contributed by atoms with E-state index in [-0.39, 0.29) is 16.6 Å². The van der Waals surface area contributed by atoms with E-state index in [9.17, 15) is 10.1 Å². The monoisotopic (exact) mass is 368 g/mol. The molecule has 0 unspecified atom stereocenters. The Morgan fingerprint density at radius 3 is 2.81 bits per heavy atom. The number of unbranched alkanes of at least 4 members (excludes halogenated alkanes) is 2. The van der Waals surface area contributed by atoms with Crippen LogP contribution in [0.25, 0.3) is 11.0 Å². The lowest BCUT2D eigenvalue weighted by molar-refractivity contribution is -0.384. The van der Waals surface area contributed by atoms with Gasteiger partial charge >= 0.3 is 0 Å². The molecule has 3 aromatic rings. The van der Waals surface area contributed by atoms with Crippen molar-refractivity contribution in [2.24, 2.45) is 0 Å². The largest absolute Gasteiger partial charge is 0.368 e. The average Bonchev–Trinajstić information content (AvgIpc) is 3.03. The van der Waals surface area contributed by atoms with Gasteiger partial charge in [-0.15, -0.1) is 0 Å². The maximum atomic E-state index is 11.1. The summed E-state index contributed by atoms with van der Waals surface area (Å²) in [6.07, 6.45) is 5.25. The Bertz CT molecular complexity index is 966. The molecule has 0 aliphatic carbocycles. The van der Waals surface area contributed by atoms with Crippen molar-refractivity contribution >= 4 is 28.5 Å². The standard InChI is InChI=1S/C19H24N6O2/c1-3-4-5-9-21-18-17-16(22-19(20)23-18)8-10-24(17)12-14-11-15(25(26)27)7-6-13(14)2/h6-8,10-11H,3-5,9,12H2,1-2H3,(H3,20,21,22,23). The third-order valence-electron chi connectivity index (χ3n) is 4.58. The molecule has 142 valence electrons. The first-order valence-corrected chi connectivity index (χ1v) is 9.09. The van der Waals surface area contributed by atoms with E-state index in [1.165, 1.54) is 6.07 Å². The van der Waals surface area contributed by atoms with Gasteiger partial charge in [-0.05, 0) is 30.5 Å². The smallest absolute Gasteiger partial charge is 0.269 e. The molecule has 0 saturated heterocycles. The number of aromatic nitrogens is 3. The Balaban J connectivity index is 1.95. The van der Waals surface area contributed by atoms with Gasteiger partial charge in [-0.25, -0.2) is 4.98 Å². The van der Waals surface area contributed by atoms with Gasteiger partial charge in [0, 0.05) is 31.4 Å². The van der Waals surface area contributed by atoms with Crippen LogP contribution in [0.4, 0.5) is 17.5 Å². The molecule has 0 fully saturated rings. The summed E-state index contributed by atoms with van der Waals surface area (Å²) in [6, 6.07) is 6.81. The number of nitro benzene ring substituents is 1. The number of nitrogens with zero attached hydrogens (tertiary/aromatic N) is 4. The quantitative estimate of drug-likeness (QED) is 0.354. The number of nitro groups is 1. The van der Waals surface area contributed by atoms with E-state index in [2.05, 4.69) is 22.2 Å². The second-order valence-electron chi connectivity index (χ2n) is 6.61. The topological polar surface area (TPSA) is 112 Å². The number of non-ortho nitro benzene ring substituents is 1. The van der Waals surface area contributed by atoms with Crippen LogP contribution in [-0.2, 0) is 6.54 Å². The van der Waals surface area contributed by atoms with Crippen molar-refractivity contribution < 1.29 is 4.92 Å². The molecule has 1 aromatic carbocycles. The number of rotatable bonds is 8. The van der Waals surface area contributed by atoms with Crippen molar-refractivity contribution in [1.29, 1.82) is 0 Å². The minimum absolute atomic E-state index is 0.0884. The van der Waals surface area contributed by atoms with Gasteiger partial charge in [0.15, 0.2) is 5.82 Å². The molecule has 3 N–H and O–H groups in total. The van der Waals surface area contributed by atoms with Crippen molar-refractivity contribution in [3.63, 3.8) is 0 Å². The lowest BCUT2D eigenvalue weighted by Crippen LogP contribution is -2.09. The highest BCUT2D eigenvalue weighted by molar-refractivity contribution is 5.87. The molecular formula is C19H24N6O2. The van der Waals surface area contributed by atoms with Gasteiger partial charge in [-0.3, -0.25) is 10.1 Å². The summed E-state index contributed by atoms with van der Waals surface area (Å²) in [6.45, 7) is 5.41. The first kappa shape index (κ1) is 18.6. The summed E-state index contributed by atoms with van der Waals surface area (Å²) in [5.74, 6) is 0.923. The fraction of sp³-hybridized carbons (Fsp3) is 0.368. The molecule has 0 aliphatic heterocycles. The first-order valence-electron chi connectivity index (χ1n) is 9.09. The minimum Gasteiger partial charge on any atom is -0.368 e. The van der Waals surface area contributed by atoms with Gasteiger partial charge in [-0.2, -0.15) is 4.98 Å². The minimum atomic E-state index is -0.374. The van der Waals surface area contributed by atoms with E-state index < -0.39 is 0 Å². The number of hydrogen-bond acceptors (Lipinski definition) is 6. The number of anilines is 2. The molecule has 0 amide bonds. The number of hydrogen-bond donors (Lipinski definition) is 2. The van der Waals surface area contributed by atoms with Gasteiger partial charge in [0.2, 0.25) is 5.95 Å². The molecule has 3 rings (SSSR count). The highest BCUT2D eigenvalue weighted by atomic mass is 16.6. The highest BCUT2D eigenvalue weighted by Gasteiger charge is 2.14. The predicted molar refractivity (Wildman–Crippen MR) is 107 cm³/mol. The number of nitrogens with two attached hydrogens (primary N) is 1. The lowest BCUT2D eigenvalue weighted by Gasteiger charge is -2.12. The lowest BCUT2D eigenvalue weighted by atomic mass is 10.1. The molecule has 8 heteroatoms. The number of aryl methyl sites for hydroxylation is 1. The van der Waals surface area contributed by atoms with Crippen LogP contribution in [0.3, 0.4) is 0 Å². The summed E-state index contributed by atoms with van der Waals surface area (Å²) in [4.78, 5) is 19.4. The average molecular weight is 368 g/mol. The van der Waals surface area contributed by atoms with E-state index >= 15 is 0 Å². The Labute approximate surface area is 157 Å². The molecule has 0 radical (unpaired) electrons. The van der Waals surface area contributed by atoms with Crippen LogP contribution in [0.5, 0.6) is 0 Å². The molecule has 0 bridgehead atoms. The fourth-order valence-corrected chi connectivity index (χ4v) is 3.09. The maximum absolute atomic E-state index is 11.1. The zero-order valence-corrected chi connectivity index (χ0v) is 15.6. The van der Waals surface area contributed by atoms with Crippen LogP contribution in [-0.4, -0.2) is 26.0 Å². The second-order valence-corrected chi connectivity index (χ2v) is 6.61. The molecule has 2 heterocycles. The molecule has 0 saturated carbocycles. The Kier molecular flexibility index (Phi) is 5.54. The normalized spacial score (nSPS) is 11.0. The Morgan fingerprint density at radius 1 is 1.26 bits per heavy atom. The third kappa shape index (κ3) is 4.16. The Morgan fingerprint density at radius 2 is 2.07 bits per heavy atom. The van der Waals surface area contributed by atoms with Crippen molar-refractivity contribution in [2.75, 3.05) is 17.6 Å². The second kappa shape index (κ2) is 8.03. The summed E-state index contributed by atoms with van der Waals surface area (Å²) in [5.41, 5.74) is 9.42. The number of fused-ring (bicyclic) bond motifs is 1. The molecule has 0 aliphatic rings. The molecule has 0 atom stereocenters. The van der Waals surface area contributed by atoms with Crippen molar-refractivity contribution in [2.45, 2.75) is 39.7 Å². The zero-order chi connectivity index (χ0) is 19.4. The van der Waals surface area contributed by atoms with Gasteiger partial charge in [0.25, 0.3) is 5.69 Å². The van der Waals surface area contributed by atoms with Gasteiger partial charge < -0.3 is 15.6 Å². The molecule has 2 aromatic heterocycles. The number of nitrogen functional groups attached to an aromatic ring is 1. The van der Waals surface area contributed by atoms with Crippen LogP contribution >= 0.6 is 0 Å². The van der Waals surface area contributed by atoms with Crippen molar-refractivity contribution in [3.05, 3.63) is 51.7 Å². The van der Waals surface area contributed by atoms with E-state index in [1.807, 2.05) is 23.8 Å². The van der Waals surface area contributed by atoms with Crippen molar-refractivity contribution in [3.8, 4) is 0 Å². The van der Waals surface area contributed by atoms with Crippen LogP contribution in [0.15, 0.2) is 30.5 Å². The third-order valence-corrected chi connectivity index (χ3v) is 4.58. The van der Waals surface area contributed by atoms with Crippen molar-refractivity contribution in [1.82, 2.24) is 14.5 Å². The van der Waals surface area contributed by atoms with Crippen LogP contribution in [0.2, 0.25) is 0 Å². The summed E-state index contributed by atoms with van der Waals surface area (Å²) >= 11 is 0. The number of nitrogens with one attached hydrogen (secondary N) is 1. The number of benzene rings is 1. The molecule has 0 spiro atoms. The SMILES string of the molecule is CCCCCNc1nc(N)nc2ccn(Cc3cc([N+](=O)[O-])ccc3C)c12. The highest BCUT2D eigenvalue weighted by Crippen LogP contribution is 2.25. The molecular weight excluding hydrogens is 344 g/mol. The van der Waals surface area contributed by atoms with E-state index in [0.29, 0.717) is 12.4 Å². The molecule has 27 heavy (non-hydrogen) atoms. The van der Waals surface area contributed by atoms with E-state index in [0.717, 1.165) is 48.0 Å². The maximum Gasteiger partial charge on any atom is 0.269 e. The van der Waals surface area contributed by atoms with E-state index in [4.69, 9.17) is 5.73 Å². The summed E-state index contributed by atoms with van der Waals surface area (Å²) in [7, 11) is 0. The van der Waals surface area contributed by atoms with Gasteiger partial charge in [0.05, 0.1) is 10.4 Å². The summed E-state index contributed by atoms with van der Waals surface area (Å²) < 4.78 is 2.00.